The number of amides is 2. The molecule has 7 heteroatoms. The third kappa shape index (κ3) is 5.26. The first-order chi connectivity index (χ1) is 14.0. The number of rotatable bonds is 7. The number of thioether (sulfide) groups is 1. The molecule has 6 nitrogen and oxygen atoms in total. The van der Waals surface area contributed by atoms with Crippen molar-refractivity contribution in [2.24, 2.45) is 0 Å². The summed E-state index contributed by atoms with van der Waals surface area (Å²) in [5.74, 6) is 0.388. The van der Waals surface area contributed by atoms with Gasteiger partial charge in [-0.1, -0.05) is 37.7 Å². The van der Waals surface area contributed by atoms with E-state index < -0.39 is 5.91 Å². The van der Waals surface area contributed by atoms with Gasteiger partial charge in [0.15, 0.2) is 5.16 Å². The van der Waals surface area contributed by atoms with E-state index in [0.717, 1.165) is 5.69 Å². The first-order valence-electron chi connectivity index (χ1n) is 9.22. The van der Waals surface area contributed by atoms with Gasteiger partial charge < -0.3 is 4.74 Å². The van der Waals surface area contributed by atoms with Gasteiger partial charge in [-0.3, -0.25) is 19.5 Å². The molecule has 2 amide bonds. The highest BCUT2D eigenvalue weighted by Crippen LogP contribution is 2.22. The molecule has 150 valence electrons. The number of carbonyl (C=O) groups is 2. The van der Waals surface area contributed by atoms with E-state index in [1.807, 2.05) is 22.9 Å². The molecular weight excluding hydrogens is 386 g/mol. The van der Waals surface area contributed by atoms with E-state index in [-0.39, 0.29) is 11.7 Å². The van der Waals surface area contributed by atoms with Crippen LogP contribution in [0.15, 0.2) is 66.1 Å². The average molecular weight is 410 g/mol. The first-order valence-corrected chi connectivity index (χ1v) is 10.2. The van der Waals surface area contributed by atoms with Gasteiger partial charge in [0.2, 0.25) is 5.91 Å². The summed E-state index contributed by atoms with van der Waals surface area (Å²) in [5, 5.41) is 3.09. The summed E-state index contributed by atoms with van der Waals surface area (Å²) < 4.78 is 6.99. The molecule has 0 saturated carbocycles. The number of imidazole rings is 1. The van der Waals surface area contributed by atoms with Gasteiger partial charge >= 0.3 is 0 Å². The van der Waals surface area contributed by atoms with Crippen molar-refractivity contribution in [3.05, 3.63) is 72.1 Å². The van der Waals surface area contributed by atoms with E-state index in [2.05, 4.69) is 36.3 Å². The van der Waals surface area contributed by atoms with Crippen LogP contribution in [0.2, 0.25) is 0 Å². The topological polar surface area (TPSA) is 73.2 Å². The van der Waals surface area contributed by atoms with Crippen molar-refractivity contribution >= 4 is 23.6 Å². The summed E-state index contributed by atoms with van der Waals surface area (Å²) in [5.41, 5.74) is 2.64. The van der Waals surface area contributed by atoms with Crippen LogP contribution >= 0.6 is 11.8 Å². The number of hydrogen-bond acceptors (Lipinski definition) is 5. The highest BCUT2D eigenvalue weighted by Gasteiger charge is 2.13. The highest BCUT2D eigenvalue weighted by molar-refractivity contribution is 7.99. The third-order valence-electron chi connectivity index (χ3n) is 4.38. The minimum Gasteiger partial charge on any atom is -0.497 e. The number of nitrogens with one attached hydrogen (secondary N) is 1. The molecule has 0 aliphatic carbocycles. The van der Waals surface area contributed by atoms with Crippen LogP contribution in [-0.4, -0.2) is 34.2 Å². The van der Waals surface area contributed by atoms with Crippen LogP contribution in [0.4, 0.5) is 0 Å². The Morgan fingerprint density at radius 3 is 2.41 bits per heavy atom. The van der Waals surface area contributed by atoms with Crippen LogP contribution in [0.3, 0.4) is 0 Å². The number of nitrogens with zero attached hydrogens (tertiary/aromatic N) is 2. The lowest BCUT2D eigenvalue weighted by atomic mass is 10.0. The predicted octanol–water partition coefficient (Wildman–Crippen LogP) is 4.05. The molecule has 0 aliphatic rings. The fraction of sp³-hybridized carbons (Fsp3) is 0.227. The van der Waals surface area contributed by atoms with Crippen molar-refractivity contribution in [1.29, 1.82) is 0 Å². The Morgan fingerprint density at radius 2 is 1.79 bits per heavy atom. The quantitative estimate of drug-likeness (QED) is 0.596. The van der Waals surface area contributed by atoms with Crippen molar-refractivity contribution < 1.29 is 14.3 Å². The van der Waals surface area contributed by atoms with E-state index in [4.69, 9.17) is 4.74 Å². The molecule has 2 aromatic carbocycles. The smallest absolute Gasteiger partial charge is 0.257 e. The standard InChI is InChI=1S/C22H23N3O3S/c1-15(2)16-4-8-18(9-5-16)25-13-12-23-22(25)29-14-20(26)24-21(27)17-6-10-19(28-3)11-7-17/h4-13,15H,14H2,1-3H3,(H,24,26,27). The van der Waals surface area contributed by atoms with E-state index in [1.165, 1.54) is 17.3 Å². The Balaban J connectivity index is 1.59. The number of imide groups is 1. The molecule has 3 rings (SSSR count). The molecule has 1 aromatic heterocycles. The van der Waals surface area contributed by atoms with Gasteiger partial charge in [0.05, 0.1) is 12.9 Å². The van der Waals surface area contributed by atoms with Crippen molar-refractivity contribution in [3.8, 4) is 11.4 Å². The van der Waals surface area contributed by atoms with E-state index in [1.54, 1.807) is 37.6 Å². The zero-order valence-corrected chi connectivity index (χ0v) is 17.4. The van der Waals surface area contributed by atoms with Gasteiger partial charge in [0, 0.05) is 23.6 Å². The Hall–Kier alpha value is -3.06. The Morgan fingerprint density at radius 1 is 1.10 bits per heavy atom. The van der Waals surface area contributed by atoms with Crippen molar-refractivity contribution in [1.82, 2.24) is 14.9 Å². The zero-order valence-electron chi connectivity index (χ0n) is 16.6. The SMILES string of the molecule is COc1ccc(C(=O)NC(=O)CSc2nccn2-c2ccc(C(C)C)cc2)cc1. The lowest BCUT2D eigenvalue weighted by Crippen LogP contribution is -2.31. The van der Waals surface area contributed by atoms with Crippen molar-refractivity contribution in [2.45, 2.75) is 24.9 Å². The Kier molecular flexibility index (Phi) is 6.72. The number of ether oxygens (including phenoxy) is 1. The lowest BCUT2D eigenvalue weighted by Gasteiger charge is -2.10. The molecule has 0 aliphatic heterocycles. The molecular formula is C22H23N3O3S. The van der Waals surface area contributed by atoms with Gasteiger partial charge in [-0.25, -0.2) is 4.98 Å². The molecule has 0 atom stereocenters. The van der Waals surface area contributed by atoms with Gasteiger partial charge in [-0.15, -0.1) is 0 Å². The number of benzene rings is 2. The average Bonchev–Trinajstić information content (AvgIpc) is 3.21. The van der Waals surface area contributed by atoms with Crippen LogP contribution < -0.4 is 10.1 Å². The maximum atomic E-state index is 12.2. The van der Waals surface area contributed by atoms with Gasteiger partial charge in [0.1, 0.15) is 5.75 Å². The molecule has 1 heterocycles. The van der Waals surface area contributed by atoms with Crippen molar-refractivity contribution in [2.75, 3.05) is 12.9 Å². The minimum absolute atomic E-state index is 0.0863. The van der Waals surface area contributed by atoms with Gasteiger partial charge in [0.25, 0.3) is 5.91 Å². The second-order valence-corrected chi connectivity index (χ2v) is 7.66. The molecule has 3 aromatic rings. The molecule has 0 bridgehead atoms. The number of aromatic nitrogens is 2. The summed E-state index contributed by atoms with van der Waals surface area (Å²) in [6.07, 6.45) is 3.55. The lowest BCUT2D eigenvalue weighted by molar-refractivity contribution is -0.117. The minimum atomic E-state index is -0.439. The highest BCUT2D eigenvalue weighted by atomic mass is 32.2. The summed E-state index contributed by atoms with van der Waals surface area (Å²) in [6.45, 7) is 4.30. The first kappa shape index (κ1) is 20.7. The second kappa shape index (κ2) is 9.43. The van der Waals surface area contributed by atoms with Crippen molar-refractivity contribution in [3.63, 3.8) is 0 Å². The molecule has 0 unspecified atom stereocenters. The van der Waals surface area contributed by atoms with Gasteiger partial charge in [-0.05, 0) is 47.9 Å². The molecule has 29 heavy (non-hydrogen) atoms. The second-order valence-electron chi connectivity index (χ2n) is 6.72. The maximum Gasteiger partial charge on any atom is 0.257 e. The van der Waals surface area contributed by atoms with Crippen LogP contribution in [0.5, 0.6) is 5.75 Å². The number of carbonyl (C=O) groups excluding carboxylic acids is 2. The molecule has 0 spiro atoms. The predicted molar refractivity (Wildman–Crippen MR) is 114 cm³/mol. The van der Waals surface area contributed by atoms with Gasteiger partial charge in [-0.2, -0.15) is 0 Å². The molecule has 0 fully saturated rings. The zero-order chi connectivity index (χ0) is 20.8. The number of methoxy groups -OCH3 is 1. The summed E-state index contributed by atoms with van der Waals surface area (Å²) >= 11 is 1.28. The van der Waals surface area contributed by atoms with Crippen LogP contribution in [0.25, 0.3) is 5.69 Å². The van der Waals surface area contributed by atoms with E-state index >= 15 is 0 Å². The van der Waals surface area contributed by atoms with Crippen LogP contribution in [-0.2, 0) is 4.79 Å². The maximum absolute atomic E-state index is 12.2. The van der Waals surface area contributed by atoms with E-state index in [9.17, 15) is 9.59 Å². The summed E-state index contributed by atoms with van der Waals surface area (Å²) in [6, 6.07) is 14.8. The Bertz CT molecular complexity index is 979. The normalized spacial score (nSPS) is 10.8. The largest absolute Gasteiger partial charge is 0.497 e. The fourth-order valence-corrected chi connectivity index (χ4v) is 3.49. The van der Waals surface area contributed by atoms with Crippen LogP contribution in [0, 0.1) is 0 Å². The molecule has 1 N–H and O–H groups in total. The number of hydrogen-bond donors (Lipinski definition) is 1. The summed E-state index contributed by atoms with van der Waals surface area (Å²) in [7, 11) is 1.55. The molecule has 0 saturated heterocycles. The third-order valence-corrected chi connectivity index (χ3v) is 5.35. The fourth-order valence-electron chi connectivity index (χ4n) is 2.72. The Labute approximate surface area is 174 Å². The van der Waals surface area contributed by atoms with E-state index in [0.29, 0.717) is 22.4 Å². The van der Waals surface area contributed by atoms with Crippen LogP contribution in [0.1, 0.15) is 35.7 Å². The summed E-state index contributed by atoms with van der Waals surface area (Å²) in [4.78, 5) is 28.7. The monoisotopic (exact) mass is 409 g/mol. The molecule has 0 radical (unpaired) electrons.